The van der Waals surface area contributed by atoms with Crippen molar-refractivity contribution < 1.29 is 18.1 Å². The van der Waals surface area contributed by atoms with Gasteiger partial charge in [-0.05, 0) is 42.1 Å². The number of benzene rings is 3. The van der Waals surface area contributed by atoms with Crippen LogP contribution in [-0.4, -0.2) is 32.8 Å². The smallest absolute Gasteiger partial charge is 0.293 e. The third kappa shape index (κ3) is 4.68. The lowest BCUT2D eigenvalue weighted by atomic mass is 10.1. The maximum Gasteiger partial charge on any atom is 0.293 e. The lowest BCUT2D eigenvalue weighted by Crippen LogP contribution is -2.22. The molecule has 3 aromatic carbocycles. The van der Waals surface area contributed by atoms with E-state index in [2.05, 4.69) is 15.4 Å². The van der Waals surface area contributed by atoms with Crippen LogP contribution in [0.1, 0.15) is 0 Å². The molecule has 0 aliphatic heterocycles. The van der Waals surface area contributed by atoms with Crippen LogP contribution >= 0.6 is 0 Å². The number of nitro groups is 1. The molecule has 0 atom stereocenters. The SMILES string of the molecule is CNS(=O)(=O)c1ccc(NCC(=O)Nc2ccc3ccccc3c2)c([N+](=O)[O-])c1. The quantitative estimate of drug-likeness (QED) is 0.402. The summed E-state index contributed by atoms with van der Waals surface area (Å²) in [6.07, 6.45) is 0. The Hall–Kier alpha value is -3.50. The zero-order valence-electron chi connectivity index (χ0n) is 15.4. The van der Waals surface area contributed by atoms with Gasteiger partial charge in [0.2, 0.25) is 15.9 Å². The number of sulfonamides is 1. The van der Waals surface area contributed by atoms with Crippen LogP contribution in [0.25, 0.3) is 10.8 Å². The summed E-state index contributed by atoms with van der Waals surface area (Å²) in [5.74, 6) is -0.401. The van der Waals surface area contributed by atoms with E-state index in [9.17, 15) is 23.3 Å². The van der Waals surface area contributed by atoms with Gasteiger partial charge in [0.1, 0.15) is 5.69 Å². The number of nitrogens with zero attached hydrogens (tertiary/aromatic N) is 1. The molecular formula is C19H18N4O5S. The summed E-state index contributed by atoms with van der Waals surface area (Å²) in [7, 11) is -2.61. The monoisotopic (exact) mass is 414 g/mol. The average molecular weight is 414 g/mol. The van der Waals surface area contributed by atoms with Gasteiger partial charge in [-0.15, -0.1) is 0 Å². The van der Waals surface area contributed by atoms with Gasteiger partial charge in [0.15, 0.2) is 0 Å². The largest absolute Gasteiger partial charge is 0.371 e. The third-order valence-corrected chi connectivity index (χ3v) is 5.63. The number of carbonyl (C=O) groups is 1. The molecule has 0 saturated heterocycles. The van der Waals surface area contributed by atoms with Gasteiger partial charge >= 0.3 is 0 Å². The van der Waals surface area contributed by atoms with Crippen molar-refractivity contribution in [3.63, 3.8) is 0 Å². The molecule has 9 nitrogen and oxygen atoms in total. The number of hydrogen-bond acceptors (Lipinski definition) is 6. The zero-order chi connectivity index (χ0) is 21.0. The molecule has 0 spiro atoms. The Labute approximate surface area is 166 Å². The minimum atomic E-state index is -3.82. The molecule has 10 heteroatoms. The van der Waals surface area contributed by atoms with Gasteiger partial charge in [-0.3, -0.25) is 14.9 Å². The molecule has 0 aliphatic rings. The van der Waals surface area contributed by atoms with Crippen molar-refractivity contribution in [3.05, 3.63) is 70.8 Å². The molecule has 0 unspecified atom stereocenters. The van der Waals surface area contributed by atoms with Gasteiger partial charge < -0.3 is 10.6 Å². The Morgan fingerprint density at radius 2 is 1.76 bits per heavy atom. The Balaban J connectivity index is 1.72. The van der Waals surface area contributed by atoms with Gasteiger partial charge in [0, 0.05) is 11.8 Å². The van der Waals surface area contributed by atoms with E-state index in [1.54, 1.807) is 6.07 Å². The van der Waals surface area contributed by atoms with E-state index >= 15 is 0 Å². The van der Waals surface area contributed by atoms with Crippen LogP contribution in [0.15, 0.2) is 65.6 Å². The predicted molar refractivity (Wildman–Crippen MR) is 110 cm³/mol. The lowest BCUT2D eigenvalue weighted by molar-refractivity contribution is -0.384. The van der Waals surface area contributed by atoms with Crippen LogP contribution in [0, 0.1) is 10.1 Å². The number of amides is 1. The molecule has 29 heavy (non-hydrogen) atoms. The first-order valence-corrected chi connectivity index (χ1v) is 10.0. The summed E-state index contributed by atoms with van der Waals surface area (Å²) in [4.78, 5) is 22.6. The van der Waals surface area contributed by atoms with E-state index in [0.29, 0.717) is 5.69 Å². The van der Waals surface area contributed by atoms with Crippen LogP contribution in [0.2, 0.25) is 0 Å². The first kappa shape index (κ1) is 20.2. The fourth-order valence-electron chi connectivity index (χ4n) is 2.74. The molecule has 3 aromatic rings. The molecule has 0 fully saturated rings. The number of carbonyl (C=O) groups excluding carboxylic acids is 1. The van der Waals surface area contributed by atoms with E-state index in [1.807, 2.05) is 36.4 Å². The van der Waals surface area contributed by atoms with Crippen molar-refractivity contribution in [2.45, 2.75) is 4.90 Å². The van der Waals surface area contributed by atoms with E-state index in [0.717, 1.165) is 16.8 Å². The summed E-state index contributed by atoms with van der Waals surface area (Å²) >= 11 is 0. The summed E-state index contributed by atoms with van der Waals surface area (Å²) < 4.78 is 25.8. The molecule has 150 valence electrons. The fraction of sp³-hybridized carbons (Fsp3) is 0.105. The Morgan fingerprint density at radius 1 is 1.03 bits per heavy atom. The van der Waals surface area contributed by atoms with Crippen molar-refractivity contribution >= 4 is 43.8 Å². The Bertz CT molecular complexity index is 1190. The molecule has 0 bridgehead atoms. The van der Waals surface area contributed by atoms with Gasteiger partial charge in [-0.1, -0.05) is 30.3 Å². The molecule has 3 N–H and O–H groups in total. The molecular weight excluding hydrogens is 396 g/mol. The molecule has 1 amide bonds. The van der Waals surface area contributed by atoms with Crippen LogP contribution < -0.4 is 15.4 Å². The highest BCUT2D eigenvalue weighted by Gasteiger charge is 2.20. The Kier molecular flexibility index (Phi) is 5.76. The first-order valence-electron chi connectivity index (χ1n) is 8.54. The molecule has 0 heterocycles. The van der Waals surface area contributed by atoms with Gasteiger partial charge in [0.05, 0.1) is 16.4 Å². The van der Waals surface area contributed by atoms with Crippen molar-refractivity contribution in [1.82, 2.24) is 4.72 Å². The Morgan fingerprint density at radius 3 is 2.45 bits per heavy atom. The second-order valence-electron chi connectivity index (χ2n) is 6.11. The summed E-state index contributed by atoms with van der Waals surface area (Å²) in [6.45, 7) is -0.230. The number of anilines is 2. The molecule has 0 radical (unpaired) electrons. The summed E-state index contributed by atoms with van der Waals surface area (Å²) in [6, 6.07) is 16.6. The topological polar surface area (TPSA) is 130 Å². The first-order chi connectivity index (χ1) is 13.8. The van der Waals surface area contributed by atoms with Crippen LogP contribution in [0.4, 0.5) is 17.1 Å². The van der Waals surface area contributed by atoms with Crippen molar-refractivity contribution in [3.8, 4) is 0 Å². The highest BCUT2D eigenvalue weighted by molar-refractivity contribution is 7.89. The second-order valence-corrected chi connectivity index (χ2v) is 7.99. The van der Waals surface area contributed by atoms with E-state index in [4.69, 9.17) is 0 Å². The fourth-order valence-corrected chi connectivity index (χ4v) is 3.49. The number of rotatable bonds is 7. The van der Waals surface area contributed by atoms with Crippen LogP contribution in [0.3, 0.4) is 0 Å². The van der Waals surface area contributed by atoms with Crippen LogP contribution in [-0.2, 0) is 14.8 Å². The van der Waals surface area contributed by atoms with E-state index in [1.165, 1.54) is 19.2 Å². The minimum Gasteiger partial charge on any atom is -0.371 e. The minimum absolute atomic E-state index is 0.0405. The highest BCUT2D eigenvalue weighted by atomic mass is 32.2. The van der Waals surface area contributed by atoms with E-state index < -0.39 is 26.5 Å². The molecule has 0 aliphatic carbocycles. The molecule has 3 rings (SSSR count). The maximum atomic E-state index is 12.2. The number of fused-ring (bicyclic) bond motifs is 1. The normalized spacial score (nSPS) is 11.2. The predicted octanol–water partition coefficient (Wildman–Crippen LogP) is 2.71. The average Bonchev–Trinajstić information content (AvgIpc) is 2.72. The third-order valence-electron chi connectivity index (χ3n) is 4.22. The van der Waals surface area contributed by atoms with Gasteiger partial charge in [0.25, 0.3) is 5.69 Å². The summed E-state index contributed by atoms with van der Waals surface area (Å²) in [5.41, 5.74) is 0.194. The van der Waals surface area contributed by atoms with Gasteiger partial charge in [-0.2, -0.15) is 0 Å². The van der Waals surface area contributed by atoms with Crippen molar-refractivity contribution in [2.24, 2.45) is 0 Å². The van der Waals surface area contributed by atoms with E-state index in [-0.39, 0.29) is 17.1 Å². The number of nitrogens with one attached hydrogen (secondary N) is 3. The van der Waals surface area contributed by atoms with Crippen LogP contribution in [0.5, 0.6) is 0 Å². The second kappa shape index (κ2) is 8.25. The maximum absolute atomic E-state index is 12.2. The summed E-state index contributed by atoms with van der Waals surface area (Å²) in [5, 5.41) is 18.7. The standard InChI is InChI=1S/C19H18N4O5S/c1-20-29(27,28)16-8-9-17(18(11-16)23(25)26)21-12-19(24)22-15-7-6-13-4-2-3-5-14(13)10-15/h2-11,20-21H,12H2,1H3,(H,22,24). The zero-order valence-corrected chi connectivity index (χ0v) is 16.2. The van der Waals surface area contributed by atoms with Crippen molar-refractivity contribution in [1.29, 1.82) is 0 Å². The molecule has 0 saturated carbocycles. The van der Waals surface area contributed by atoms with Gasteiger partial charge in [-0.25, -0.2) is 13.1 Å². The number of hydrogen-bond donors (Lipinski definition) is 3. The number of nitro benzene ring substituents is 1. The highest BCUT2D eigenvalue weighted by Crippen LogP contribution is 2.27. The lowest BCUT2D eigenvalue weighted by Gasteiger charge is -2.10. The molecule has 0 aromatic heterocycles. The van der Waals surface area contributed by atoms with Crippen molar-refractivity contribution in [2.75, 3.05) is 24.2 Å².